The van der Waals surface area contributed by atoms with Crippen molar-refractivity contribution < 1.29 is 4.79 Å². The highest BCUT2D eigenvalue weighted by Gasteiger charge is 2.31. The van der Waals surface area contributed by atoms with Crippen molar-refractivity contribution in [2.24, 2.45) is 0 Å². The minimum atomic E-state index is -0.111. The first-order valence-electron chi connectivity index (χ1n) is 6.44. The van der Waals surface area contributed by atoms with E-state index in [2.05, 4.69) is 15.0 Å². The van der Waals surface area contributed by atoms with E-state index in [0.717, 1.165) is 24.9 Å². The molecular weight excluding hydrogens is 276 g/mol. The largest absolute Gasteiger partial charge is 0.330 e. The van der Waals surface area contributed by atoms with Gasteiger partial charge in [-0.15, -0.1) is 0 Å². The van der Waals surface area contributed by atoms with Crippen molar-refractivity contribution in [2.45, 2.75) is 18.9 Å². The summed E-state index contributed by atoms with van der Waals surface area (Å²) in [7, 11) is 0. The summed E-state index contributed by atoms with van der Waals surface area (Å²) in [6.45, 7) is 0.725. The Labute approximate surface area is 121 Å². The first-order valence-corrected chi connectivity index (χ1v) is 6.82. The van der Waals surface area contributed by atoms with Crippen LogP contribution in [0.3, 0.4) is 0 Å². The van der Waals surface area contributed by atoms with Crippen molar-refractivity contribution in [2.75, 3.05) is 6.54 Å². The van der Waals surface area contributed by atoms with Gasteiger partial charge in [-0.1, -0.05) is 17.7 Å². The predicted octanol–water partition coefficient (Wildman–Crippen LogP) is 2.50. The molecule has 6 heteroatoms. The third-order valence-electron chi connectivity index (χ3n) is 3.42. The highest BCUT2D eigenvalue weighted by Crippen LogP contribution is 2.32. The van der Waals surface area contributed by atoms with Crippen LogP contribution in [0, 0.1) is 0 Å². The molecule has 1 unspecified atom stereocenters. The van der Waals surface area contributed by atoms with Crippen molar-refractivity contribution >= 4 is 17.5 Å². The molecule has 1 aliphatic rings. The highest BCUT2D eigenvalue weighted by atomic mass is 35.5. The van der Waals surface area contributed by atoms with Gasteiger partial charge in [-0.3, -0.25) is 9.78 Å². The fraction of sp³-hybridized carbons (Fsp3) is 0.286. The maximum Gasteiger partial charge on any atom is 0.274 e. The average molecular weight is 289 g/mol. The van der Waals surface area contributed by atoms with E-state index in [1.807, 2.05) is 23.2 Å². The maximum atomic E-state index is 12.5. The van der Waals surface area contributed by atoms with Crippen LogP contribution in [0.25, 0.3) is 0 Å². The number of pyridine rings is 1. The monoisotopic (exact) mass is 288 g/mol. The van der Waals surface area contributed by atoms with Crippen LogP contribution in [0.15, 0.2) is 36.9 Å². The molecule has 1 amide bonds. The zero-order valence-electron chi connectivity index (χ0n) is 10.7. The Morgan fingerprint density at radius 1 is 1.30 bits per heavy atom. The van der Waals surface area contributed by atoms with Gasteiger partial charge >= 0.3 is 0 Å². The lowest BCUT2D eigenvalue weighted by molar-refractivity contribution is 0.0729. The van der Waals surface area contributed by atoms with Gasteiger partial charge in [-0.05, 0) is 24.5 Å². The molecule has 1 aliphatic heterocycles. The molecule has 1 fully saturated rings. The van der Waals surface area contributed by atoms with E-state index >= 15 is 0 Å². The number of carbonyl (C=O) groups excluding carboxylic acids is 1. The molecule has 0 bridgehead atoms. The Kier molecular flexibility index (Phi) is 3.60. The van der Waals surface area contributed by atoms with E-state index in [0.29, 0.717) is 5.69 Å². The molecule has 3 heterocycles. The first-order chi connectivity index (χ1) is 9.75. The van der Waals surface area contributed by atoms with E-state index in [1.165, 1.54) is 12.4 Å². The fourth-order valence-electron chi connectivity index (χ4n) is 2.50. The quantitative estimate of drug-likeness (QED) is 0.852. The summed E-state index contributed by atoms with van der Waals surface area (Å²) in [6, 6.07) is 3.95. The summed E-state index contributed by atoms with van der Waals surface area (Å²) in [5.74, 6) is -0.111. The topological polar surface area (TPSA) is 59.0 Å². The number of nitrogens with zero attached hydrogens (tertiary/aromatic N) is 4. The Morgan fingerprint density at radius 2 is 2.20 bits per heavy atom. The Morgan fingerprint density at radius 3 is 2.90 bits per heavy atom. The molecule has 0 aliphatic carbocycles. The van der Waals surface area contributed by atoms with Gasteiger partial charge in [0.15, 0.2) is 0 Å². The number of rotatable bonds is 2. The lowest BCUT2D eigenvalue weighted by Gasteiger charge is -2.24. The molecule has 0 N–H and O–H groups in total. The standard InChI is InChI=1S/C14H13ClN4O/c15-13-9-17-11(8-18-13)14(20)19-6-2-4-12(19)10-3-1-5-16-7-10/h1,3,5,7-9,12H,2,4,6H2. The van der Waals surface area contributed by atoms with E-state index in [9.17, 15) is 4.79 Å². The van der Waals surface area contributed by atoms with Crippen LogP contribution < -0.4 is 0 Å². The van der Waals surface area contributed by atoms with Gasteiger partial charge < -0.3 is 4.90 Å². The van der Waals surface area contributed by atoms with E-state index in [4.69, 9.17) is 11.6 Å². The van der Waals surface area contributed by atoms with Crippen LogP contribution in [0.5, 0.6) is 0 Å². The number of amides is 1. The molecule has 2 aromatic rings. The molecule has 3 rings (SSSR count). The van der Waals surface area contributed by atoms with E-state index in [1.54, 1.807) is 6.20 Å². The third kappa shape index (κ3) is 2.49. The van der Waals surface area contributed by atoms with Crippen LogP contribution in [-0.2, 0) is 0 Å². The first kappa shape index (κ1) is 13.0. The molecule has 0 aromatic carbocycles. The lowest BCUT2D eigenvalue weighted by Crippen LogP contribution is -2.31. The van der Waals surface area contributed by atoms with Crippen molar-refractivity contribution in [1.82, 2.24) is 19.9 Å². The minimum Gasteiger partial charge on any atom is -0.330 e. The molecule has 1 atom stereocenters. The number of hydrogen-bond donors (Lipinski definition) is 0. The SMILES string of the molecule is O=C(c1cnc(Cl)cn1)N1CCCC1c1cccnc1. The van der Waals surface area contributed by atoms with Crippen LogP contribution in [0.2, 0.25) is 5.15 Å². The van der Waals surface area contributed by atoms with Gasteiger partial charge in [0.2, 0.25) is 0 Å². The van der Waals surface area contributed by atoms with Crippen LogP contribution in [-0.4, -0.2) is 32.3 Å². The zero-order valence-corrected chi connectivity index (χ0v) is 11.5. The second-order valence-electron chi connectivity index (χ2n) is 4.67. The number of aromatic nitrogens is 3. The van der Waals surface area contributed by atoms with Crippen molar-refractivity contribution in [3.63, 3.8) is 0 Å². The van der Waals surface area contributed by atoms with Crippen molar-refractivity contribution in [3.8, 4) is 0 Å². The average Bonchev–Trinajstić information content (AvgIpc) is 2.97. The third-order valence-corrected chi connectivity index (χ3v) is 3.62. The van der Waals surface area contributed by atoms with E-state index in [-0.39, 0.29) is 17.1 Å². The Bertz CT molecular complexity index is 602. The summed E-state index contributed by atoms with van der Waals surface area (Å²) in [6.07, 6.45) is 8.27. The highest BCUT2D eigenvalue weighted by molar-refractivity contribution is 6.29. The maximum absolute atomic E-state index is 12.5. The summed E-state index contributed by atoms with van der Waals surface area (Å²) < 4.78 is 0. The smallest absolute Gasteiger partial charge is 0.274 e. The predicted molar refractivity (Wildman–Crippen MR) is 74.3 cm³/mol. The van der Waals surface area contributed by atoms with Gasteiger partial charge in [0, 0.05) is 18.9 Å². The molecule has 102 valence electrons. The zero-order chi connectivity index (χ0) is 13.9. The molecule has 0 spiro atoms. The second kappa shape index (κ2) is 5.54. The van der Waals surface area contributed by atoms with Gasteiger partial charge in [-0.25, -0.2) is 9.97 Å². The fourth-order valence-corrected chi connectivity index (χ4v) is 2.60. The normalized spacial score (nSPS) is 18.2. The summed E-state index contributed by atoms with van der Waals surface area (Å²) >= 11 is 5.69. The minimum absolute atomic E-state index is 0.0636. The summed E-state index contributed by atoms with van der Waals surface area (Å²) in [5.41, 5.74) is 1.38. The summed E-state index contributed by atoms with van der Waals surface area (Å²) in [5, 5.41) is 0.284. The van der Waals surface area contributed by atoms with Gasteiger partial charge in [-0.2, -0.15) is 0 Å². The Balaban J connectivity index is 1.85. The molecule has 0 saturated carbocycles. The summed E-state index contributed by atoms with van der Waals surface area (Å²) in [4.78, 5) is 26.4. The van der Waals surface area contributed by atoms with Gasteiger partial charge in [0.25, 0.3) is 5.91 Å². The molecular formula is C14H13ClN4O. The van der Waals surface area contributed by atoms with E-state index < -0.39 is 0 Å². The van der Waals surface area contributed by atoms with Crippen LogP contribution in [0.1, 0.15) is 34.9 Å². The lowest BCUT2D eigenvalue weighted by atomic mass is 10.1. The number of hydrogen-bond acceptors (Lipinski definition) is 4. The molecule has 2 aromatic heterocycles. The van der Waals surface area contributed by atoms with Crippen LogP contribution in [0.4, 0.5) is 0 Å². The Hall–Kier alpha value is -2.01. The van der Waals surface area contributed by atoms with Crippen LogP contribution >= 0.6 is 11.6 Å². The van der Waals surface area contributed by atoms with Gasteiger partial charge in [0.05, 0.1) is 18.4 Å². The van der Waals surface area contributed by atoms with Crippen molar-refractivity contribution in [1.29, 1.82) is 0 Å². The number of halogens is 1. The molecule has 5 nitrogen and oxygen atoms in total. The van der Waals surface area contributed by atoms with Crippen molar-refractivity contribution in [3.05, 3.63) is 53.3 Å². The number of carbonyl (C=O) groups is 1. The molecule has 20 heavy (non-hydrogen) atoms. The second-order valence-corrected chi connectivity index (χ2v) is 5.05. The van der Waals surface area contributed by atoms with Gasteiger partial charge in [0.1, 0.15) is 10.8 Å². The molecule has 0 radical (unpaired) electrons. The molecule has 1 saturated heterocycles. The number of likely N-dealkylation sites (tertiary alicyclic amines) is 1.